The van der Waals surface area contributed by atoms with Crippen LogP contribution in [0.4, 0.5) is 0 Å². The second-order valence-corrected chi connectivity index (χ2v) is 9.34. The number of allylic oxidation sites excluding steroid dienone is 1. The highest BCUT2D eigenvalue weighted by Crippen LogP contribution is 2.32. The van der Waals surface area contributed by atoms with E-state index in [0.717, 1.165) is 49.9 Å². The molecule has 1 atom stereocenters. The van der Waals surface area contributed by atoms with E-state index >= 15 is 0 Å². The van der Waals surface area contributed by atoms with Crippen molar-refractivity contribution >= 4 is 28.1 Å². The lowest BCUT2D eigenvalue weighted by Crippen LogP contribution is -2.48. The molecule has 1 aliphatic heterocycles. The van der Waals surface area contributed by atoms with E-state index in [4.69, 9.17) is 16.4 Å². The largest absolute Gasteiger partial charge is 0.389 e. The lowest BCUT2D eigenvalue weighted by molar-refractivity contribution is -0.0168. The minimum atomic E-state index is -0.529. The second kappa shape index (κ2) is 10.2. The van der Waals surface area contributed by atoms with E-state index in [9.17, 15) is 5.11 Å². The molecule has 0 bridgehead atoms. The molecular formula is C27H30ClN3O2. The third kappa shape index (κ3) is 5.40. The van der Waals surface area contributed by atoms with Gasteiger partial charge in [0, 0.05) is 49.9 Å². The van der Waals surface area contributed by atoms with Crippen molar-refractivity contribution in [2.75, 3.05) is 39.3 Å². The Balaban J connectivity index is 1.04. The number of halogens is 1. The Morgan fingerprint density at radius 2 is 1.70 bits per heavy atom. The van der Waals surface area contributed by atoms with Crippen LogP contribution in [0.15, 0.2) is 66.7 Å². The molecule has 5 nitrogen and oxygen atoms in total. The zero-order valence-electron chi connectivity index (χ0n) is 18.7. The van der Waals surface area contributed by atoms with E-state index in [1.807, 2.05) is 12.1 Å². The van der Waals surface area contributed by atoms with Gasteiger partial charge in [0.05, 0.1) is 11.8 Å². The van der Waals surface area contributed by atoms with Gasteiger partial charge in [-0.3, -0.25) is 20.1 Å². The van der Waals surface area contributed by atoms with E-state index in [-0.39, 0.29) is 6.61 Å². The van der Waals surface area contributed by atoms with E-state index in [1.54, 1.807) is 0 Å². The Morgan fingerprint density at radius 1 is 0.939 bits per heavy atom. The normalized spacial score (nSPS) is 17.7. The lowest BCUT2D eigenvalue weighted by Gasteiger charge is -2.35. The number of hydroxylamine groups is 1. The van der Waals surface area contributed by atoms with Gasteiger partial charge in [0.2, 0.25) is 0 Å². The van der Waals surface area contributed by atoms with E-state index in [2.05, 4.69) is 69.9 Å². The molecule has 0 spiro atoms. The molecule has 0 aromatic heterocycles. The molecule has 5 rings (SSSR count). The number of aliphatic hydroxyl groups is 1. The van der Waals surface area contributed by atoms with Gasteiger partial charge in [0.1, 0.15) is 6.61 Å². The fraction of sp³-hybridized carbons (Fsp3) is 0.333. The lowest BCUT2D eigenvalue weighted by atomic mass is 10.00. The SMILES string of the molecule is OC(CONC1=CCc2c1ccc1ccccc21)CN1CCN(Cc2ccc(Cl)cc2)CC1. The number of nitrogens with zero attached hydrogens (tertiary/aromatic N) is 2. The molecule has 2 N–H and O–H groups in total. The van der Waals surface area contributed by atoms with Crippen molar-refractivity contribution < 1.29 is 9.94 Å². The van der Waals surface area contributed by atoms with Crippen molar-refractivity contribution in [3.05, 3.63) is 88.5 Å². The fourth-order valence-corrected chi connectivity index (χ4v) is 4.89. The number of hydrogen-bond acceptors (Lipinski definition) is 5. The number of rotatable bonds is 8. The molecule has 1 aliphatic carbocycles. The van der Waals surface area contributed by atoms with Crippen LogP contribution in [0.5, 0.6) is 0 Å². The smallest absolute Gasteiger partial charge is 0.102 e. The standard InChI is InChI=1S/C27H30ClN3O2/c28-22-8-5-20(6-9-22)17-30-13-15-31(16-14-30)18-23(32)19-33-29-27-12-11-25-24-4-2-1-3-21(24)7-10-26(25)27/h1-10,12,23,29,32H,11,13-19H2. The van der Waals surface area contributed by atoms with Crippen molar-refractivity contribution in [2.24, 2.45) is 0 Å². The first kappa shape index (κ1) is 22.4. The average molecular weight is 464 g/mol. The molecule has 0 saturated carbocycles. The fourth-order valence-electron chi connectivity index (χ4n) is 4.76. The monoisotopic (exact) mass is 463 g/mol. The molecule has 172 valence electrons. The molecule has 3 aromatic rings. The zero-order valence-corrected chi connectivity index (χ0v) is 19.5. The highest BCUT2D eigenvalue weighted by Gasteiger charge is 2.20. The maximum absolute atomic E-state index is 10.5. The third-order valence-electron chi connectivity index (χ3n) is 6.55. The summed E-state index contributed by atoms with van der Waals surface area (Å²) < 4.78 is 0. The predicted molar refractivity (Wildman–Crippen MR) is 134 cm³/mol. The van der Waals surface area contributed by atoms with Crippen LogP contribution in [0, 0.1) is 0 Å². The third-order valence-corrected chi connectivity index (χ3v) is 6.80. The first-order valence-corrected chi connectivity index (χ1v) is 12.0. The van der Waals surface area contributed by atoms with E-state index < -0.39 is 6.10 Å². The summed E-state index contributed by atoms with van der Waals surface area (Å²) in [6.45, 7) is 5.69. The molecule has 2 aliphatic rings. The second-order valence-electron chi connectivity index (χ2n) is 8.90. The van der Waals surface area contributed by atoms with Crippen LogP contribution in [0.3, 0.4) is 0 Å². The summed E-state index contributed by atoms with van der Waals surface area (Å²) in [6.07, 6.45) is 2.52. The number of benzene rings is 3. The van der Waals surface area contributed by atoms with Crippen LogP contribution < -0.4 is 5.48 Å². The molecule has 33 heavy (non-hydrogen) atoms. The Kier molecular flexibility index (Phi) is 6.95. The van der Waals surface area contributed by atoms with Crippen LogP contribution in [0.1, 0.15) is 16.7 Å². The van der Waals surface area contributed by atoms with E-state index in [1.165, 1.54) is 27.5 Å². The van der Waals surface area contributed by atoms with Gasteiger partial charge in [-0.25, -0.2) is 0 Å². The summed E-state index contributed by atoms with van der Waals surface area (Å²) in [5, 5.41) is 13.8. The number of β-amino-alcohol motifs (C(OH)–C–C–N with tert-alkyl or cyclic N) is 1. The van der Waals surface area contributed by atoms with Crippen molar-refractivity contribution in [1.82, 2.24) is 15.3 Å². The van der Waals surface area contributed by atoms with Gasteiger partial charge < -0.3 is 5.11 Å². The summed E-state index contributed by atoms with van der Waals surface area (Å²) in [6, 6.07) is 20.8. The Hall–Kier alpha value is -2.41. The van der Waals surface area contributed by atoms with Gasteiger partial charge >= 0.3 is 0 Å². The van der Waals surface area contributed by atoms with Gasteiger partial charge in [0.25, 0.3) is 0 Å². The maximum atomic E-state index is 10.5. The minimum Gasteiger partial charge on any atom is -0.389 e. The van der Waals surface area contributed by atoms with Crippen LogP contribution in [0.2, 0.25) is 5.02 Å². The first-order valence-electron chi connectivity index (χ1n) is 11.6. The van der Waals surface area contributed by atoms with Crippen LogP contribution >= 0.6 is 11.6 Å². The van der Waals surface area contributed by atoms with Crippen molar-refractivity contribution in [1.29, 1.82) is 0 Å². The van der Waals surface area contributed by atoms with E-state index in [0.29, 0.717) is 6.54 Å². The summed E-state index contributed by atoms with van der Waals surface area (Å²) in [5.74, 6) is 0. The van der Waals surface area contributed by atoms with Crippen molar-refractivity contribution in [3.8, 4) is 0 Å². The molecule has 1 unspecified atom stereocenters. The van der Waals surface area contributed by atoms with Crippen molar-refractivity contribution in [3.63, 3.8) is 0 Å². The summed E-state index contributed by atoms with van der Waals surface area (Å²) >= 11 is 5.98. The van der Waals surface area contributed by atoms with Gasteiger partial charge in [0.15, 0.2) is 0 Å². The number of hydrogen-bond donors (Lipinski definition) is 2. The average Bonchev–Trinajstić information content (AvgIpc) is 3.25. The molecule has 0 radical (unpaired) electrons. The van der Waals surface area contributed by atoms with Crippen LogP contribution in [-0.2, 0) is 17.8 Å². The Labute approximate surface area is 200 Å². The topological polar surface area (TPSA) is 48.0 Å². The van der Waals surface area contributed by atoms with Gasteiger partial charge in [-0.15, -0.1) is 0 Å². The van der Waals surface area contributed by atoms with Crippen LogP contribution in [0.25, 0.3) is 16.5 Å². The predicted octanol–water partition coefficient (Wildman–Crippen LogP) is 4.09. The van der Waals surface area contributed by atoms with Gasteiger partial charge in [-0.05, 0) is 40.5 Å². The van der Waals surface area contributed by atoms with Gasteiger partial charge in [-0.2, -0.15) is 0 Å². The molecule has 1 saturated heterocycles. The Morgan fingerprint density at radius 3 is 2.52 bits per heavy atom. The highest BCUT2D eigenvalue weighted by atomic mass is 35.5. The van der Waals surface area contributed by atoms with Crippen LogP contribution in [-0.4, -0.2) is 60.3 Å². The maximum Gasteiger partial charge on any atom is 0.102 e. The summed E-state index contributed by atoms with van der Waals surface area (Å²) in [4.78, 5) is 10.4. The molecular weight excluding hydrogens is 434 g/mol. The summed E-state index contributed by atoms with van der Waals surface area (Å²) in [5.41, 5.74) is 7.85. The highest BCUT2D eigenvalue weighted by molar-refractivity contribution is 6.30. The van der Waals surface area contributed by atoms with Gasteiger partial charge in [-0.1, -0.05) is 66.2 Å². The molecule has 1 fully saturated rings. The molecule has 0 amide bonds. The Bertz CT molecular complexity index is 1120. The molecule has 1 heterocycles. The zero-order chi connectivity index (χ0) is 22.6. The number of nitrogens with one attached hydrogen (secondary N) is 1. The van der Waals surface area contributed by atoms with Crippen molar-refractivity contribution in [2.45, 2.75) is 19.1 Å². The minimum absolute atomic E-state index is 0.255. The number of aliphatic hydroxyl groups excluding tert-OH is 1. The number of piperazine rings is 1. The quantitative estimate of drug-likeness (QED) is 0.493. The first-order chi connectivity index (χ1) is 16.2. The molecule has 3 aromatic carbocycles. The molecule has 6 heteroatoms. The summed E-state index contributed by atoms with van der Waals surface area (Å²) in [7, 11) is 0. The number of fused-ring (bicyclic) bond motifs is 3.